The van der Waals surface area contributed by atoms with E-state index in [1.165, 1.54) is 16.4 Å². The fraction of sp³-hybridized carbons (Fsp3) is 0.364. The Hall–Kier alpha value is -2.58. The Labute approximate surface area is 175 Å². The van der Waals surface area contributed by atoms with Gasteiger partial charge in [-0.25, -0.2) is 12.8 Å². The summed E-state index contributed by atoms with van der Waals surface area (Å²) < 4.78 is 46.9. The molecule has 30 heavy (non-hydrogen) atoms. The monoisotopic (exact) mass is 429 g/mol. The van der Waals surface area contributed by atoms with Crippen LogP contribution in [0.3, 0.4) is 0 Å². The highest BCUT2D eigenvalue weighted by Crippen LogP contribution is 2.32. The average Bonchev–Trinajstić information content (AvgIpc) is 3.18. The summed E-state index contributed by atoms with van der Waals surface area (Å²) in [6.45, 7) is 6.38. The fourth-order valence-electron chi connectivity index (χ4n) is 4.18. The minimum absolute atomic E-state index is 0.179. The van der Waals surface area contributed by atoms with Gasteiger partial charge >= 0.3 is 0 Å². The first kappa shape index (κ1) is 20.7. The summed E-state index contributed by atoms with van der Waals surface area (Å²) in [7, 11) is -3.63. The lowest BCUT2D eigenvalue weighted by Gasteiger charge is -2.31. The second-order valence-corrected chi connectivity index (χ2v) is 9.77. The minimum atomic E-state index is -3.63. The third-order valence-corrected chi connectivity index (χ3v) is 7.65. The van der Waals surface area contributed by atoms with E-state index in [0.29, 0.717) is 41.7 Å². The van der Waals surface area contributed by atoms with Crippen LogP contribution in [0, 0.1) is 26.6 Å². The highest BCUT2D eigenvalue weighted by molar-refractivity contribution is 7.89. The van der Waals surface area contributed by atoms with Crippen molar-refractivity contribution in [2.45, 2.75) is 44.4 Å². The van der Waals surface area contributed by atoms with Crippen molar-refractivity contribution in [1.82, 2.24) is 14.4 Å². The van der Waals surface area contributed by atoms with Crippen LogP contribution in [0.2, 0.25) is 0 Å². The third kappa shape index (κ3) is 3.89. The molecule has 2 heterocycles. The maximum Gasteiger partial charge on any atom is 0.243 e. The molecule has 0 radical (unpaired) electrons. The zero-order valence-electron chi connectivity index (χ0n) is 17.2. The van der Waals surface area contributed by atoms with Gasteiger partial charge in [0.05, 0.1) is 10.8 Å². The van der Waals surface area contributed by atoms with Gasteiger partial charge in [-0.1, -0.05) is 22.9 Å². The molecule has 8 heteroatoms. The van der Waals surface area contributed by atoms with E-state index in [1.54, 1.807) is 12.1 Å². The standard InChI is InChI=1S/C22H24FN3O3S/c1-14-11-15(2)20(16(3)12-14)30(27,28)26-10-4-5-18(13-26)22-24-21(25-29-22)17-6-8-19(23)9-7-17/h6-9,11-12,18H,4-5,10,13H2,1-3H3. The number of halogens is 1. The molecular formula is C22H24FN3O3S. The third-order valence-electron chi connectivity index (χ3n) is 5.48. The summed E-state index contributed by atoms with van der Waals surface area (Å²) in [6.07, 6.45) is 1.48. The van der Waals surface area contributed by atoms with Gasteiger partial charge in [-0.3, -0.25) is 0 Å². The van der Waals surface area contributed by atoms with E-state index in [2.05, 4.69) is 10.1 Å². The van der Waals surface area contributed by atoms with Crippen molar-refractivity contribution in [2.75, 3.05) is 13.1 Å². The van der Waals surface area contributed by atoms with E-state index in [0.717, 1.165) is 23.1 Å². The number of aryl methyl sites for hydroxylation is 3. The molecule has 1 atom stereocenters. The number of hydrogen-bond acceptors (Lipinski definition) is 5. The summed E-state index contributed by atoms with van der Waals surface area (Å²) >= 11 is 0. The van der Waals surface area contributed by atoms with E-state index in [9.17, 15) is 12.8 Å². The fourth-order valence-corrected chi connectivity index (χ4v) is 6.12. The van der Waals surface area contributed by atoms with Crippen molar-refractivity contribution in [1.29, 1.82) is 0 Å². The molecule has 1 aromatic heterocycles. The van der Waals surface area contributed by atoms with Crippen LogP contribution in [0.25, 0.3) is 11.4 Å². The van der Waals surface area contributed by atoms with Crippen molar-refractivity contribution >= 4 is 10.0 Å². The molecule has 3 aromatic rings. The molecule has 1 saturated heterocycles. The Morgan fingerprint density at radius 1 is 1.10 bits per heavy atom. The quantitative estimate of drug-likeness (QED) is 0.616. The van der Waals surface area contributed by atoms with Crippen LogP contribution in [-0.2, 0) is 10.0 Å². The van der Waals surface area contributed by atoms with E-state index >= 15 is 0 Å². The first-order chi connectivity index (χ1) is 14.3. The van der Waals surface area contributed by atoms with E-state index in [-0.39, 0.29) is 11.7 Å². The van der Waals surface area contributed by atoms with Crippen molar-refractivity contribution < 1.29 is 17.3 Å². The number of aromatic nitrogens is 2. The van der Waals surface area contributed by atoms with Gasteiger partial charge in [-0.2, -0.15) is 9.29 Å². The lowest BCUT2D eigenvalue weighted by Crippen LogP contribution is -2.39. The molecule has 0 bridgehead atoms. The summed E-state index contributed by atoms with van der Waals surface area (Å²) in [5.74, 6) is 0.264. The van der Waals surface area contributed by atoms with Gasteiger partial charge in [0.1, 0.15) is 5.82 Å². The van der Waals surface area contributed by atoms with Crippen molar-refractivity contribution in [3.63, 3.8) is 0 Å². The van der Waals surface area contributed by atoms with E-state index in [4.69, 9.17) is 4.52 Å². The van der Waals surface area contributed by atoms with E-state index in [1.807, 2.05) is 32.9 Å². The zero-order chi connectivity index (χ0) is 21.5. The summed E-state index contributed by atoms with van der Waals surface area (Å²) in [4.78, 5) is 4.83. The second-order valence-electron chi connectivity index (χ2n) is 7.89. The highest BCUT2D eigenvalue weighted by Gasteiger charge is 2.35. The van der Waals surface area contributed by atoms with Gasteiger partial charge in [0.2, 0.25) is 21.7 Å². The first-order valence-electron chi connectivity index (χ1n) is 9.93. The summed E-state index contributed by atoms with van der Waals surface area (Å²) in [6, 6.07) is 9.65. The van der Waals surface area contributed by atoms with Gasteiger partial charge in [0, 0.05) is 18.7 Å². The van der Waals surface area contributed by atoms with Gasteiger partial charge in [-0.05, 0) is 69.0 Å². The first-order valence-corrected chi connectivity index (χ1v) is 11.4. The second kappa shape index (κ2) is 7.92. The predicted molar refractivity (Wildman–Crippen MR) is 111 cm³/mol. The van der Waals surface area contributed by atoms with Gasteiger partial charge in [0.25, 0.3) is 0 Å². The summed E-state index contributed by atoms with van der Waals surface area (Å²) in [5.41, 5.74) is 3.20. The van der Waals surface area contributed by atoms with Gasteiger partial charge in [0.15, 0.2) is 0 Å². The van der Waals surface area contributed by atoms with Crippen molar-refractivity contribution in [3.8, 4) is 11.4 Å². The Kier molecular flexibility index (Phi) is 5.46. The SMILES string of the molecule is Cc1cc(C)c(S(=O)(=O)N2CCCC(c3nc(-c4ccc(F)cc4)no3)C2)c(C)c1. The number of piperidine rings is 1. The lowest BCUT2D eigenvalue weighted by molar-refractivity contribution is 0.265. The van der Waals surface area contributed by atoms with Crippen LogP contribution in [0.4, 0.5) is 4.39 Å². The van der Waals surface area contributed by atoms with Crippen LogP contribution >= 0.6 is 0 Å². The van der Waals surface area contributed by atoms with E-state index < -0.39 is 10.0 Å². The number of benzene rings is 2. The Morgan fingerprint density at radius 3 is 2.43 bits per heavy atom. The van der Waals surface area contributed by atoms with Gasteiger partial charge < -0.3 is 4.52 Å². The molecule has 2 aromatic carbocycles. The van der Waals surface area contributed by atoms with Crippen molar-refractivity contribution in [2.24, 2.45) is 0 Å². The average molecular weight is 430 g/mol. The number of nitrogens with zero attached hydrogens (tertiary/aromatic N) is 3. The van der Waals surface area contributed by atoms with Crippen LogP contribution < -0.4 is 0 Å². The van der Waals surface area contributed by atoms with Crippen molar-refractivity contribution in [3.05, 3.63) is 64.8 Å². The largest absolute Gasteiger partial charge is 0.339 e. The highest BCUT2D eigenvalue weighted by atomic mass is 32.2. The number of hydrogen-bond donors (Lipinski definition) is 0. The van der Waals surface area contributed by atoms with Crippen LogP contribution in [0.5, 0.6) is 0 Å². The molecule has 1 aliphatic heterocycles. The Balaban J connectivity index is 1.59. The predicted octanol–water partition coefficient (Wildman–Crippen LogP) is 4.37. The zero-order valence-corrected chi connectivity index (χ0v) is 18.0. The van der Waals surface area contributed by atoms with Gasteiger partial charge in [-0.15, -0.1) is 0 Å². The molecule has 0 spiro atoms. The molecule has 4 rings (SSSR count). The molecule has 1 fully saturated rings. The maximum absolute atomic E-state index is 13.4. The molecule has 158 valence electrons. The molecule has 1 unspecified atom stereocenters. The molecule has 1 aliphatic rings. The van der Waals surface area contributed by atoms with Crippen LogP contribution in [-0.4, -0.2) is 36.0 Å². The molecular weight excluding hydrogens is 405 g/mol. The maximum atomic E-state index is 13.4. The topological polar surface area (TPSA) is 76.3 Å². The molecule has 0 aliphatic carbocycles. The molecule has 0 saturated carbocycles. The Bertz CT molecular complexity index is 1150. The molecule has 0 amide bonds. The summed E-state index contributed by atoms with van der Waals surface area (Å²) in [5, 5.41) is 4.00. The number of sulfonamides is 1. The minimum Gasteiger partial charge on any atom is -0.339 e. The molecule has 0 N–H and O–H groups in total. The van der Waals surface area contributed by atoms with Crippen LogP contribution in [0.1, 0.15) is 41.3 Å². The lowest BCUT2D eigenvalue weighted by atomic mass is 10.00. The smallest absolute Gasteiger partial charge is 0.243 e. The van der Waals surface area contributed by atoms with Crippen LogP contribution in [0.15, 0.2) is 45.8 Å². The Morgan fingerprint density at radius 2 is 1.77 bits per heavy atom. The normalized spacial score (nSPS) is 17.9. The number of rotatable bonds is 4. The molecule has 6 nitrogen and oxygen atoms in total.